The van der Waals surface area contributed by atoms with Crippen LogP contribution < -0.4 is 15.2 Å². The number of nitrogens with two attached hydrogens (primary N) is 1. The van der Waals surface area contributed by atoms with Crippen LogP contribution in [0.25, 0.3) is 0 Å². The van der Waals surface area contributed by atoms with Crippen molar-refractivity contribution >= 4 is 16.5 Å². The van der Waals surface area contributed by atoms with Crippen molar-refractivity contribution in [3.05, 3.63) is 29.3 Å². The molecule has 1 aromatic carbocycles. The Balaban J connectivity index is 2.09. The molecule has 0 aliphatic heterocycles. The first kappa shape index (κ1) is 11.7. The van der Waals surface area contributed by atoms with E-state index < -0.39 is 0 Å². The lowest BCUT2D eigenvalue weighted by molar-refractivity contribution is 0.224. The van der Waals surface area contributed by atoms with Crippen molar-refractivity contribution in [2.24, 2.45) is 0 Å². The quantitative estimate of drug-likeness (QED) is 0.902. The summed E-state index contributed by atoms with van der Waals surface area (Å²) in [6, 6.07) is 7.42. The Hall–Kier alpha value is -1.82. The monoisotopic (exact) mass is 251 g/mol. The fourth-order valence-electron chi connectivity index (χ4n) is 1.34. The predicted octanol–water partition coefficient (Wildman–Crippen LogP) is 2.27. The van der Waals surface area contributed by atoms with Crippen molar-refractivity contribution in [3.8, 4) is 11.5 Å². The van der Waals surface area contributed by atoms with Crippen molar-refractivity contribution in [2.45, 2.75) is 13.0 Å². The standard InChI is InChI=1S/C11H13N3O2S/c1-7(10-13-14-11(12)17-10)16-9-5-3-4-8(6-9)15-2/h3-7H,1-2H3,(H2,12,14). The van der Waals surface area contributed by atoms with Gasteiger partial charge in [0, 0.05) is 6.07 Å². The van der Waals surface area contributed by atoms with Gasteiger partial charge in [0.25, 0.3) is 0 Å². The molecule has 0 aliphatic carbocycles. The van der Waals surface area contributed by atoms with E-state index in [4.69, 9.17) is 15.2 Å². The Bertz CT molecular complexity index is 501. The summed E-state index contributed by atoms with van der Waals surface area (Å²) in [6.07, 6.45) is -0.183. The van der Waals surface area contributed by atoms with Crippen LogP contribution in [-0.2, 0) is 0 Å². The maximum atomic E-state index is 5.73. The minimum atomic E-state index is -0.183. The third-order valence-electron chi connectivity index (χ3n) is 2.16. The average Bonchev–Trinajstić information content (AvgIpc) is 2.76. The molecule has 1 aromatic heterocycles. The molecule has 0 aliphatic rings. The first-order valence-electron chi connectivity index (χ1n) is 5.08. The van der Waals surface area contributed by atoms with Gasteiger partial charge in [-0.15, -0.1) is 10.2 Å². The molecule has 1 unspecified atom stereocenters. The number of ether oxygens (including phenoxy) is 2. The fourth-order valence-corrected chi connectivity index (χ4v) is 1.93. The van der Waals surface area contributed by atoms with Crippen LogP contribution in [0, 0.1) is 0 Å². The number of aromatic nitrogens is 2. The lowest BCUT2D eigenvalue weighted by Crippen LogP contribution is -2.02. The summed E-state index contributed by atoms with van der Waals surface area (Å²) < 4.78 is 10.8. The number of benzene rings is 1. The molecule has 0 saturated heterocycles. The molecule has 2 aromatic rings. The second-order valence-corrected chi connectivity index (χ2v) is 4.46. The molecular formula is C11H13N3O2S. The molecule has 90 valence electrons. The SMILES string of the molecule is COc1cccc(OC(C)c2nnc(N)s2)c1. The maximum Gasteiger partial charge on any atom is 0.203 e. The van der Waals surface area contributed by atoms with Crippen LogP contribution in [0.15, 0.2) is 24.3 Å². The van der Waals surface area contributed by atoms with E-state index in [0.717, 1.165) is 16.5 Å². The van der Waals surface area contributed by atoms with Gasteiger partial charge in [-0.3, -0.25) is 0 Å². The molecule has 0 radical (unpaired) electrons. The summed E-state index contributed by atoms with van der Waals surface area (Å²) in [5.41, 5.74) is 5.52. The summed E-state index contributed by atoms with van der Waals surface area (Å²) in [7, 11) is 1.62. The highest BCUT2D eigenvalue weighted by Gasteiger charge is 2.12. The number of nitrogen functional groups attached to an aromatic ring is 1. The second kappa shape index (κ2) is 5.01. The van der Waals surface area contributed by atoms with Crippen LogP contribution >= 0.6 is 11.3 Å². The van der Waals surface area contributed by atoms with Gasteiger partial charge in [-0.05, 0) is 19.1 Å². The molecule has 0 fully saturated rings. The first-order valence-corrected chi connectivity index (χ1v) is 5.90. The summed E-state index contributed by atoms with van der Waals surface area (Å²) in [4.78, 5) is 0. The Morgan fingerprint density at radius 2 is 2.06 bits per heavy atom. The summed E-state index contributed by atoms with van der Waals surface area (Å²) in [5, 5.41) is 8.90. The van der Waals surface area contributed by atoms with Gasteiger partial charge in [-0.2, -0.15) is 0 Å². The number of rotatable bonds is 4. The van der Waals surface area contributed by atoms with Gasteiger partial charge < -0.3 is 15.2 Å². The molecule has 0 bridgehead atoms. The highest BCUT2D eigenvalue weighted by atomic mass is 32.1. The fraction of sp³-hybridized carbons (Fsp3) is 0.273. The predicted molar refractivity (Wildman–Crippen MR) is 66.4 cm³/mol. The third-order valence-corrected chi connectivity index (χ3v) is 3.07. The molecule has 5 nitrogen and oxygen atoms in total. The Morgan fingerprint density at radius 1 is 1.29 bits per heavy atom. The highest BCUT2D eigenvalue weighted by molar-refractivity contribution is 7.15. The van der Waals surface area contributed by atoms with E-state index >= 15 is 0 Å². The van der Waals surface area contributed by atoms with E-state index in [2.05, 4.69) is 10.2 Å². The number of hydrogen-bond donors (Lipinski definition) is 1. The minimum absolute atomic E-state index is 0.183. The van der Waals surface area contributed by atoms with Crippen LogP contribution in [0.4, 0.5) is 5.13 Å². The van der Waals surface area contributed by atoms with Crippen molar-refractivity contribution in [3.63, 3.8) is 0 Å². The first-order chi connectivity index (χ1) is 8.19. The Kier molecular flexibility index (Phi) is 3.43. The van der Waals surface area contributed by atoms with Crippen molar-refractivity contribution in [2.75, 3.05) is 12.8 Å². The van der Waals surface area contributed by atoms with Crippen LogP contribution in [0.2, 0.25) is 0 Å². The lowest BCUT2D eigenvalue weighted by atomic mass is 10.3. The average molecular weight is 251 g/mol. The number of hydrogen-bond acceptors (Lipinski definition) is 6. The molecule has 2 N–H and O–H groups in total. The van der Waals surface area contributed by atoms with E-state index in [0.29, 0.717) is 5.13 Å². The summed E-state index contributed by atoms with van der Waals surface area (Å²) >= 11 is 1.32. The van der Waals surface area contributed by atoms with Crippen LogP contribution in [0.1, 0.15) is 18.0 Å². The van der Waals surface area contributed by atoms with Crippen LogP contribution in [0.5, 0.6) is 11.5 Å². The molecular weight excluding hydrogens is 238 g/mol. The van der Waals surface area contributed by atoms with E-state index in [1.54, 1.807) is 7.11 Å². The normalized spacial score (nSPS) is 12.1. The van der Waals surface area contributed by atoms with Gasteiger partial charge in [-0.1, -0.05) is 17.4 Å². The highest BCUT2D eigenvalue weighted by Crippen LogP contribution is 2.26. The summed E-state index contributed by atoms with van der Waals surface area (Å²) in [6.45, 7) is 1.90. The van der Waals surface area contributed by atoms with E-state index in [9.17, 15) is 0 Å². The van der Waals surface area contributed by atoms with Crippen molar-refractivity contribution in [1.82, 2.24) is 10.2 Å². The van der Waals surface area contributed by atoms with Crippen molar-refractivity contribution in [1.29, 1.82) is 0 Å². The van der Waals surface area contributed by atoms with Gasteiger partial charge in [0.15, 0.2) is 5.01 Å². The van der Waals surface area contributed by atoms with Gasteiger partial charge in [-0.25, -0.2) is 0 Å². The van der Waals surface area contributed by atoms with Gasteiger partial charge in [0.05, 0.1) is 7.11 Å². The molecule has 2 rings (SSSR count). The van der Waals surface area contributed by atoms with Gasteiger partial charge >= 0.3 is 0 Å². The Morgan fingerprint density at radius 3 is 2.71 bits per heavy atom. The molecule has 1 heterocycles. The van der Waals surface area contributed by atoms with E-state index in [1.807, 2.05) is 31.2 Å². The Labute approximate surface area is 103 Å². The molecule has 6 heteroatoms. The molecule has 0 amide bonds. The summed E-state index contributed by atoms with van der Waals surface area (Å²) in [5.74, 6) is 1.48. The topological polar surface area (TPSA) is 70.3 Å². The maximum absolute atomic E-state index is 5.73. The van der Waals surface area contributed by atoms with Crippen LogP contribution in [-0.4, -0.2) is 17.3 Å². The smallest absolute Gasteiger partial charge is 0.203 e. The van der Waals surface area contributed by atoms with Gasteiger partial charge in [0.2, 0.25) is 5.13 Å². The second-order valence-electron chi connectivity index (χ2n) is 3.42. The number of nitrogens with zero attached hydrogens (tertiary/aromatic N) is 2. The van der Waals surface area contributed by atoms with Crippen molar-refractivity contribution < 1.29 is 9.47 Å². The zero-order valence-corrected chi connectivity index (χ0v) is 10.4. The third kappa shape index (κ3) is 2.85. The molecule has 0 spiro atoms. The number of anilines is 1. The molecule has 0 saturated carbocycles. The van der Waals surface area contributed by atoms with Gasteiger partial charge in [0.1, 0.15) is 17.6 Å². The molecule has 1 atom stereocenters. The van der Waals surface area contributed by atoms with E-state index in [-0.39, 0.29) is 6.10 Å². The zero-order chi connectivity index (χ0) is 12.3. The largest absolute Gasteiger partial charge is 0.497 e. The van der Waals surface area contributed by atoms with Crippen LogP contribution in [0.3, 0.4) is 0 Å². The molecule has 17 heavy (non-hydrogen) atoms. The number of methoxy groups -OCH3 is 1. The minimum Gasteiger partial charge on any atom is -0.497 e. The van der Waals surface area contributed by atoms with E-state index in [1.165, 1.54) is 11.3 Å². The lowest BCUT2D eigenvalue weighted by Gasteiger charge is -2.12. The zero-order valence-electron chi connectivity index (χ0n) is 9.58.